The third-order valence-electron chi connectivity index (χ3n) is 2.41. The van der Waals surface area contributed by atoms with Gasteiger partial charge in [-0.1, -0.05) is 18.5 Å². The van der Waals surface area contributed by atoms with Crippen LogP contribution in [0.25, 0.3) is 0 Å². The molecule has 1 aromatic carbocycles. The number of carbonyl (C=O) groups is 1. The highest BCUT2D eigenvalue weighted by Crippen LogP contribution is 2.26. The van der Waals surface area contributed by atoms with Crippen LogP contribution in [-0.4, -0.2) is 5.91 Å². The van der Waals surface area contributed by atoms with Gasteiger partial charge in [0.15, 0.2) is 5.76 Å². The number of aryl methyl sites for hydroxylation is 1. The summed E-state index contributed by atoms with van der Waals surface area (Å²) in [6.07, 6.45) is 0.762. The molecule has 1 amide bonds. The molecule has 0 unspecified atom stereocenters. The van der Waals surface area contributed by atoms with Gasteiger partial charge in [-0.25, -0.2) is 0 Å². The number of hydrogen-bond acceptors (Lipinski definition) is 2. The van der Waals surface area contributed by atoms with Crippen LogP contribution in [0.15, 0.2) is 39.2 Å². The van der Waals surface area contributed by atoms with Gasteiger partial charge >= 0.3 is 0 Å². The summed E-state index contributed by atoms with van der Waals surface area (Å²) in [5, 5.41) is 3.36. The molecule has 2 aromatic rings. The van der Waals surface area contributed by atoms with Gasteiger partial charge in [0.1, 0.15) is 5.76 Å². The smallest absolute Gasteiger partial charge is 0.291 e. The van der Waals surface area contributed by atoms with E-state index in [1.807, 2.05) is 6.92 Å². The standard InChI is InChI=1S/C13H11BrClNO2/c1-2-9-4-6-12(18-9)13(17)16-11-5-3-8(15)7-10(11)14/h3-7H,2H2,1H3,(H,16,17). The average Bonchev–Trinajstić information content (AvgIpc) is 2.81. The van der Waals surface area contributed by atoms with Crippen LogP contribution in [0.4, 0.5) is 5.69 Å². The summed E-state index contributed by atoms with van der Waals surface area (Å²) in [4.78, 5) is 11.9. The molecule has 5 heteroatoms. The molecule has 0 spiro atoms. The van der Waals surface area contributed by atoms with Gasteiger partial charge in [0.05, 0.1) is 5.69 Å². The van der Waals surface area contributed by atoms with Crippen LogP contribution in [0.1, 0.15) is 23.2 Å². The van der Waals surface area contributed by atoms with Crippen LogP contribution in [-0.2, 0) is 6.42 Å². The van der Waals surface area contributed by atoms with Crippen molar-refractivity contribution in [1.29, 1.82) is 0 Å². The average molecular weight is 329 g/mol. The molecule has 1 heterocycles. The molecule has 0 aliphatic carbocycles. The first-order chi connectivity index (χ1) is 8.60. The summed E-state index contributed by atoms with van der Waals surface area (Å²) in [5.74, 6) is 0.807. The third-order valence-corrected chi connectivity index (χ3v) is 3.30. The molecule has 0 atom stereocenters. The van der Waals surface area contributed by atoms with E-state index in [2.05, 4.69) is 21.2 Å². The first-order valence-corrected chi connectivity index (χ1v) is 6.62. The van der Waals surface area contributed by atoms with Crippen LogP contribution in [0, 0.1) is 0 Å². The van der Waals surface area contributed by atoms with E-state index in [4.69, 9.17) is 16.0 Å². The van der Waals surface area contributed by atoms with Gasteiger partial charge in [-0.2, -0.15) is 0 Å². The molecule has 94 valence electrons. The summed E-state index contributed by atoms with van der Waals surface area (Å²) >= 11 is 9.17. The predicted molar refractivity (Wildman–Crippen MR) is 75.2 cm³/mol. The van der Waals surface area contributed by atoms with Crippen LogP contribution < -0.4 is 5.32 Å². The van der Waals surface area contributed by atoms with E-state index < -0.39 is 0 Å². The zero-order valence-electron chi connectivity index (χ0n) is 9.67. The zero-order chi connectivity index (χ0) is 13.1. The molecule has 0 saturated heterocycles. The molecule has 2 rings (SSSR count). The van der Waals surface area contributed by atoms with Crippen molar-refractivity contribution in [2.24, 2.45) is 0 Å². The first kappa shape index (κ1) is 13.2. The molecule has 0 radical (unpaired) electrons. The molecule has 0 fully saturated rings. The van der Waals surface area contributed by atoms with Gasteiger partial charge < -0.3 is 9.73 Å². The Morgan fingerprint density at radius 1 is 1.39 bits per heavy atom. The number of amides is 1. The summed E-state index contributed by atoms with van der Waals surface area (Å²) in [7, 11) is 0. The monoisotopic (exact) mass is 327 g/mol. The fourth-order valence-electron chi connectivity index (χ4n) is 1.46. The van der Waals surface area contributed by atoms with Gasteiger partial charge in [-0.05, 0) is 46.3 Å². The quantitative estimate of drug-likeness (QED) is 0.900. The minimum atomic E-state index is -0.280. The Balaban J connectivity index is 2.16. The maximum Gasteiger partial charge on any atom is 0.291 e. The number of hydrogen-bond donors (Lipinski definition) is 1. The molecule has 3 nitrogen and oxygen atoms in total. The Morgan fingerprint density at radius 3 is 2.78 bits per heavy atom. The van der Waals surface area contributed by atoms with E-state index in [1.165, 1.54) is 0 Å². The third kappa shape index (κ3) is 2.94. The highest BCUT2D eigenvalue weighted by molar-refractivity contribution is 9.10. The van der Waals surface area contributed by atoms with Crippen molar-refractivity contribution < 1.29 is 9.21 Å². The maximum absolute atomic E-state index is 11.9. The first-order valence-electron chi connectivity index (χ1n) is 5.45. The lowest BCUT2D eigenvalue weighted by atomic mass is 10.3. The predicted octanol–water partition coefficient (Wildman–Crippen LogP) is 4.51. The Hall–Kier alpha value is -1.26. The van der Waals surface area contributed by atoms with E-state index in [9.17, 15) is 4.79 Å². The number of halogens is 2. The van der Waals surface area contributed by atoms with Crippen molar-refractivity contribution in [3.8, 4) is 0 Å². The van der Waals surface area contributed by atoms with Crippen molar-refractivity contribution in [3.63, 3.8) is 0 Å². The number of rotatable bonds is 3. The lowest BCUT2D eigenvalue weighted by molar-refractivity contribution is 0.0995. The van der Waals surface area contributed by atoms with E-state index >= 15 is 0 Å². The number of furan rings is 1. The summed E-state index contributed by atoms with van der Waals surface area (Å²) < 4.78 is 6.10. The van der Waals surface area contributed by atoms with Crippen LogP contribution in [0.2, 0.25) is 5.02 Å². The fourth-order valence-corrected chi connectivity index (χ4v) is 2.25. The normalized spacial score (nSPS) is 10.4. The van der Waals surface area contributed by atoms with E-state index in [-0.39, 0.29) is 5.91 Å². The van der Waals surface area contributed by atoms with E-state index in [0.29, 0.717) is 16.5 Å². The Kier molecular flexibility index (Phi) is 4.09. The van der Waals surface area contributed by atoms with Gasteiger partial charge in [0.25, 0.3) is 5.91 Å². The van der Waals surface area contributed by atoms with Crippen LogP contribution in [0.5, 0.6) is 0 Å². The SMILES string of the molecule is CCc1ccc(C(=O)Nc2ccc(Cl)cc2Br)o1. The van der Waals surface area contributed by atoms with Crippen LogP contribution >= 0.6 is 27.5 Å². The lowest BCUT2D eigenvalue weighted by Gasteiger charge is -2.05. The zero-order valence-corrected chi connectivity index (χ0v) is 12.0. The summed E-state index contributed by atoms with van der Waals surface area (Å²) in [6, 6.07) is 8.62. The number of benzene rings is 1. The molecule has 0 aliphatic rings. The van der Waals surface area contributed by atoms with Crippen molar-refractivity contribution in [2.75, 3.05) is 5.32 Å². The van der Waals surface area contributed by atoms with Crippen molar-refractivity contribution in [1.82, 2.24) is 0 Å². The van der Waals surface area contributed by atoms with Crippen LogP contribution in [0.3, 0.4) is 0 Å². The molecule has 18 heavy (non-hydrogen) atoms. The molecular formula is C13H11BrClNO2. The van der Waals surface area contributed by atoms with Crippen molar-refractivity contribution in [2.45, 2.75) is 13.3 Å². The minimum absolute atomic E-state index is 0.280. The summed E-state index contributed by atoms with van der Waals surface area (Å²) in [5.41, 5.74) is 0.652. The largest absolute Gasteiger partial charge is 0.456 e. The van der Waals surface area contributed by atoms with Gasteiger partial charge in [-0.15, -0.1) is 0 Å². The maximum atomic E-state index is 11.9. The molecule has 0 saturated carbocycles. The fraction of sp³-hybridized carbons (Fsp3) is 0.154. The Labute approximate surface area is 118 Å². The second-order valence-electron chi connectivity index (χ2n) is 3.70. The van der Waals surface area contributed by atoms with E-state index in [0.717, 1.165) is 16.7 Å². The molecular weight excluding hydrogens is 318 g/mol. The van der Waals surface area contributed by atoms with Gasteiger partial charge in [-0.3, -0.25) is 4.79 Å². The Bertz CT molecular complexity index is 580. The molecule has 0 aliphatic heterocycles. The lowest BCUT2D eigenvalue weighted by Crippen LogP contribution is -2.11. The number of nitrogens with one attached hydrogen (secondary N) is 1. The highest BCUT2D eigenvalue weighted by atomic mass is 79.9. The van der Waals surface area contributed by atoms with Crippen molar-refractivity contribution in [3.05, 3.63) is 51.3 Å². The summed E-state index contributed by atoms with van der Waals surface area (Å²) in [6.45, 7) is 1.97. The van der Waals surface area contributed by atoms with Gasteiger partial charge in [0, 0.05) is 15.9 Å². The topological polar surface area (TPSA) is 42.2 Å². The highest BCUT2D eigenvalue weighted by Gasteiger charge is 2.12. The number of carbonyl (C=O) groups excluding carboxylic acids is 1. The van der Waals surface area contributed by atoms with Crippen molar-refractivity contribution >= 4 is 39.1 Å². The molecule has 1 aromatic heterocycles. The number of anilines is 1. The second-order valence-corrected chi connectivity index (χ2v) is 4.99. The Morgan fingerprint density at radius 2 is 2.17 bits per heavy atom. The second kappa shape index (κ2) is 5.59. The molecule has 0 bridgehead atoms. The van der Waals surface area contributed by atoms with E-state index in [1.54, 1.807) is 30.3 Å². The minimum Gasteiger partial charge on any atom is -0.456 e. The molecule has 1 N–H and O–H groups in total. The van der Waals surface area contributed by atoms with Gasteiger partial charge in [0.2, 0.25) is 0 Å².